The Kier molecular flexibility index (Phi) is 3.81. The first-order valence-electron chi connectivity index (χ1n) is 6.00. The van der Waals surface area contributed by atoms with Crippen LogP contribution in [0.1, 0.15) is 0 Å². The second-order valence-electron chi connectivity index (χ2n) is 4.18. The first-order chi connectivity index (χ1) is 10.1. The molecule has 8 heteroatoms. The Morgan fingerprint density at radius 1 is 1.19 bits per heavy atom. The number of carbonyl (C=O) groups is 1. The summed E-state index contributed by atoms with van der Waals surface area (Å²) in [5, 5.41) is 2.66. The Morgan fingerprint density at radius 3 is 2.57 bits per heavy atom. The second kappa shape index (κ2) is 5.75. The van der Waals surface area contributed by atoms with Gasteiger partial charge in [0.2, 0.25) is 6.10 Å². The van der Waals surface area contributed by atoms with E-state index in [9.17, 15) is 4.79 Å². The van der Waals surface area contributed by atoms with Gasteiger partial charge < -0.3 is 14.8 Å². The fourth-order valence-corrected chi connectivity index (χ4v) is 2.21. The van der Waals surface area contributed by atoms with Gasteiger partial charge in [-0.25, -0.2) is 9.97 Å². The number of nitrogens with zero attached hydrogens (tertiary/aromatic N) is 2. The number of aromatic nitrogens is 2. The van der Waals surface area contributed by atoms with Crippen LogP contribution in [0.2, 0.25) is 10.3 Å². The van der Waals surface area contributed by atoms with Crippen molar-refractivity contribution in [3.63, 3.8) is 0 Å². The fraction of sp³-hybridized carbons (Fsp3) is 0.154. The summed E-state index contributed by atoms with van der Waals surface area (Å²) in [5.74, 6) is 0.661. The molecule has 0 bridgehead atoms. The molecule has 0 radical (unpaired) electrons. The average Bonchev–Trinajstić information content (AvgIpc) is 2.50. The maximum atomic E-state index is 12.2. The molecule has 1 atom stereocenters. The molecule has 21 heavy (non-hydrogen) atoms. The van der Waals surface area contributed by atoms with Crippen molar-refractivity contribution in [3.8, 4) is 11.5 Å². The summed E-state index contributed by atoms with van der Waals surface area (Å²) in [7, 11) is 0. The van der Waals surface area contributed by atoms with E-state index in [1.807, 2.05) is 6.07 Å². The molecule has 2 heterocycles. The summed E-state index contributed by atoms with van der Waals surface area (Å²) in [5.41, 5.74) is 0.147. The molecule has 1 N–H and O–H groups in total. The van der Waals surface area contributed by atoms with E-state index in [1.54, 1.807) is 18.2 Å². The molecule has 1 amide bonds. The highest BCUT2D eigenvalue weighted by atomic mass is 35.5. The zero-order valence-electron chi connectivity index (χ0n) is 10.5. The van der Waals surface area contributed by atoms with Gasteiger partial charge in [-0.05, 0) is 12.1 Å². The molecular formula is C13H9Cl2N3O3. The minimum Gasteiger partial charge on any atom is -0.485 e. The number of hydrogen-bond acceptors (Lipinski definition) is 5. The Labute approximate surface area is 130 Å². The number of halogens is 2. The molecule has 1 aliphatic rings. The Hall–Kier alpha value is -2.05. The molecular weight excluding hydrogens is 317 g/mol. The monoisotopic (exact) mass is 325 g/mol. The third-order valence-corrected chi connectivity index (χ3v) is 3.38. The number of anilines is 1. The van der Waals surface area contributed by atoms with Crippen LogP contribution < -0.4 is 14.8 Å². The van der Waals surface area contributed by atoms with Crippen LogP contribution in [0.25, 0.3) is 0 Å². The van der Waals surface area contributed by atoms with E-state index in [1.165, 1.54) is 6.33 Å². The van der Waals surface area contributed by atoms with E-state index in [-0.39, 0.29) is 22.6 Å². The van der Waals surface area contributed by atoms with Crippen LogP contribution in [-0.2, 0) is 4.79 Å². The summed E-state index contributed by atoms with van der Waals surface area (Å²) >= 11 is 11.7. The van der Waals surface area contributed by atoms with Crippen molar-refractivity contribution in [2.24, 2.45) is 0 Å². The summed E-state index contributed by atoms with van der Waals surface area (Å²) in [6, 6.07) is 7.10. The van der Waals surface area contributed by atoms with Gasteiger partial charge >= 0.3 is 0 Å². The van der Waals surface area contributed by atoms with Crippen LogP contribution in [0.3, 0.4) is 0 Å². The number of rotatable bonds is 2. The van der Waals surface area contributed by atoms with Gasteiger partial charge in [-0.3, -0.25) is 4.79 Å². The largest absolute Gasteiger partial charge is 0.485 e. The van der Waals surface area contributed by atoms with Crippen LogP contribution in [0.15, 0.2) is 30.6 Å². The number of benzene rings is 1. The van der Waals surface area contributed by atoms with Gasteiger partial charge in [0.15, 0.2) is 21.8 Å². The number of hydrogen-bond donors (Lipinski definition) is 1. The van der Waals surface area contributed by atoms with Crippen LogP contribution in [0, 0.1) is 0 Å². The Balaban J connectivity index is 1.76. The first-order valence-corrected chi connectivity index (χ1v) is 6.76. The summed E-state index contributed by atoms with van der Waals surface area (Å²) < 4.78 is 11.1. The molecule has 3 rings (SSSR count). The minimum absolute atomic E-state index is 0.0560. The van der Waals surface area contributed by atoms with Crippen molar-refractivity contribution in [1.82, 2.24) is 9.97 Å². The van der Waals surface area contributed by atoms with E-state index in [4.69, 9.17) is 32.7 Å². The lowest BCUT2D eigenvalue weighted by atomic mass is 10.2. The van der Waals surface area contributed by atoms with Gasteiger partial charge in [0, 0.05) is 0 Å². The highest BCUT2D eigenvalue weighted by Gasteiger charge is 2.28. The zero-order valence-corrected chi connectivity index (χ0v) is 12.1. The van der Waals surface area contributed by atoms with Crippen molar-refractivity contribution >= 4 is 34.8 Å². The second-order valence-corrected chi connectivity index (χ2v) is 4.90. The highest BCUT2D eigenvalue weighted by molar-refractivity contribution is 6.38. The zero-order chi connectivity index (χ0) is 14.8. The molecule has 0 spiro atoms. The van der Waals surface area contributed by atoms with Gasteiger partial charge in [0.25, 0.3) is 5.91 Å². The number of para-hydroxylation sites is 2. The SMILES string of the molecule is O=C(Nc1c(Cl)ncnc1Cl)C1COc2ccccc2O1. The van der Waals surface area contributed by atoms with Crippen LogP contribution in [0.5, 0.6) is 11.5 Å². The number of fused-ring (bicyclic) bond motifs is 1. The van der Waals surface area contributed by atoms with E-state index in [0.717, 1.165) is 0 Å². The molecule has 1 aromatic carbocycles. The van der Waals surface area contributed by atoms with Gasteiger partial charge in [0.1, 0.15) is 18.6 Å². The predicted octanol–water partition coefficient (Wildman–Crippen LogP) is 2.56. The number of ether oxygens (including phenoxy) is 2. The molecule has 6 nitrogen and oxygen atoms in total. The standard InChI is InChI=1S/C13H9Cl2N3O3/c14-11-10(12(15)17-6-16-11)18-13(19)9-5-20-7-3-1-2-4-8(7)21-9/h1-4,6,9H,5H2,(H,18,19). The van der Waals surface area contributed by atoms with E-state index < -0.39 is 12.0 Å². The third-order valence-electron chi connectivity index (χ3n) is 2.80. The maximum Gasteiger partial charge on any atom is 0.269 e. The minimum atomic E-state index is -0.813. The molecule has 2 aromatic rings. The van der Waals surface area contributed by atoms with Crippen LogP contribution >= 0.6 is 23.2 Å². The van der Waals surface area contributed by atoms with E-state index in [0.29, 0.717) is 11.5 Å². The Bertz CT molecular complexity index is 676. The lowest BCUT2D eigenvalue weighted by Gasteiger charge is -2.25. The fourth-order valence-electron chi connectivity index (χ4n) is 1.80. The van der Waals surface area contributed by atoms with Gasteiger partial charge in [-0.2, -0.15) is 0 Å². The molecule has 0 fully saturated rings. The van der Waals surface area contributed by atoms with Crippen molar-refractivity contribution in [3.05, 3.63) is 40.9 Å². The summed E-state index contributed by atoms with van der Waals surface area (Å²) in [6.45, 7) is 0.0891. The lowest BCUT2D eigenvalue weighted by molar-refractivity contribution is -0.125. The first kappa shape index (κ1) is 13.9. The van der Waals surface area contributed by atoms with E-state index >= 15 is 0 Å². The quantitative estimate of drug-likeness (QED) is 0.859. The Morgan fingerprint density at radius 2 is 1.86 bits per heavy atom. The summed E-state index contributed by atoms with van der Waals surface area (Å²) in [4.78, 5) is 19.7. The molecule has 0 saturated heterocycles. The van der Waals surface area contributed by atoms with Crippen LogP contribution in [-0.4, -0.2) is 28.6 Å². The van der Waals surface area contributed by atoms with Gasteiger partial charge in [-0.1, -0.05) is 35.3 Å². The molecule has 0 aliphatic carbocycles. The summed E-state index contributed by atoms with van der Waals surface area (Å²) in [6.07, 6.45) is 0.392. The maximum absolute atomic E-state index is 12.2. The molecule has 1 unspecified atom stereocenters. The molecule has 108 valence electrons. The van der Waals surface area contributed by atoms with Crippen molar-refractivity contribution in [2.75, 3.05) is 11.9 Å². The molecule has 1 aromatic heterocycles. The number of amides is 1. The van der Waals surface area contributed by atoms with Gasteiger partial charge in [-0.15, -0.1) is 0 Å². The van der Waals surface area contributed by atoms with Crippen molar-refractivity contribution < 1.29 is 14.3 Å². The topological polar surface area (TPSA) is 73.3 Å². The third kappa shape index (κ3) is 2.86. The number of nitrogens with one attached hydrogen (secondary N) is 1. The van der Waals surface area contributed by atoms with Crippen LogP contribution in [0.4, 0.5) is 5.69 Å². The van der Waals surface area contributed by atoms with Crippen molar-refractivity contribution in [1.29, 1.82) is 0 Å². The van der Waals surface area contributed by atoms with Crippen molar-refractivity contribution in [2.45, 2.75) is 6.10 Å². The normalized spacial score (nSPS) is 16.4. The molecule has 0 saturated carbocycles. The lowest BCUT2D eigenvalue weighted by Crippen LogP contribution is -2.40. The predicted molar refractivity (Wildman–Crippen MR) is 77.0 cm³/mol. The smallest absolute Gasteiger partial charge is 0.269 e. The number of carbonyl (C=O) groups excluding carboxylic acids is 1. The molecule has 1 aliphatic heterocycles. The average molecular weight is 326 g/mol. The highest BCUT2D eigenvalue weighted by Crippen LogP contribution is 2.32. The van der Waals surface area contributed by atoms with E-state index in [2.05, 4.69) is 15.3 Å². The van der Waals surface area contributed by atoms with Gasteiger partial charge in [0.05, 0.1) is 0 Å².